The quantitative estimate of drug-likeness (QED) is 0.396. The first-order valence-corrected chi connectivity index (χ1v) is 3.74. The van der Waals surface area contributed by atoms with E-state index < -0.39 is 7.25 Å². The van der Waals surface area contributed by atoms with Crippen LogP contribution in [0.4, 0.5) is 17.3 Å². The van der Waals surface area contributed by atoms with Crippen molar-refractivity contribution in [2.45, 2.75) is 0 Å². The van der Waals surface area contributed by atoms with E-state index in [1.165, 1.54) is 0 Å². The molecule has 0 aliphatic carbocycles. The number of nitrogens with two attached hydrogens (primary N) is 1. The van der Waals surface area contributed by atoms with Gasteiger partial charge in [-0.15, -0.1) is 0 Å². The monoisotopic (exact) mass is 190 g/mol. The second kappa shape index (κ2) is 4.48. The van der Waals surface area contributed by atoms with E-state index in [1.54, 1.807) is 11.8 Å². The van der Waals surface area contributed by atoms with Crippen LogP contribution in [0, 0.1) is 0 Å². The minimum atomic E-state index is -6.00. The molecule has 0 aromatic carbocycles. The van der Waals surface area contributed by atoms with Gasteiger partial charge < -0.3 is 17.3 Å². The van der Waals surface area contributed by atoms with Crippen molar-refractivity contribution in [3.63, 3.8) is 0 Å². The van der Waals surface area contributed by atoms with Crippen LogP contribution in [0.25, 0.3) is 0 Å². The minimum Gasteiger partial charge on any atom is -0.418 e. The van der Waals surface area contributed by atoms with Crippen LogP contribution in [0.2, 0.25) is 0 Å². The summed E-state index contributed by atoms with van der Waals surface area (Å²) < 4.78 is 39.0. The molecule has 11 heavy (non-hydrogen) atoms. The van der Waals surface area contributed by atoms with E-state index in [9.17, 15) is 17.3 Å². The molecule has 0 amide bonds. The van der Waals surface area contributed by atoms with Crippen LogP contribution in [-0.4, -0.2) is 24.7 Å². The number of halogens is 4. The summed E-state index contributed by atoms with van der Waals surface area (Å²) in [6.45, 7) is 1.04. The van der Waals surface area contributed by atoms with Crippen LogP contribution < -0.4 is 10.7 Å². The average Bonchev–Trinajstić information content (AvgIpc) is 2.12. The highest BCUT2D eigenvalue weighted by atomic mass is 32.2. The van der Waals surface area contributed by atoms with Crippen LogP contribution in [0.5, 0.6) is 0 Å². The van der Waals surface area contributed by atoms with Crippen LogP contribution in [0.3, 0.4) is 0 Å². The summed E-state index contributed by atoms with van der Waals surface area (Å²) in [4.78, 5) is 2.98. The number of hydrogen-bond donors (Lipinski definition) is 2. The van der Waals surface area contributed by atoms with Crippen molar-refractivity contribution < 1.29 is 22.3 Å². The highest BCUT2D eigenvalue weighted by Crippen LogP contribution is 2.06. The molecular formula is C3H7BF4N2S. The second-order valence-electron chi connectivity index (χ2n) is 1.63. The lowest BCUT2D eigenvalue weighted by Gasteiger charge is -1.94. The van der Waals surface area contributed by atoms with Gasteiger partial charge in [0.05, 0.1) is 6.54 Å². The Morgan fingerprint density at radius 3 is 1.91 bits per heavy atom. The van der Waals surface area contributed by atoms with Gasteiger partial charge in [-0.2, -0.15) is 0 Å². The Morgan fingerprint density at radius 2 is 1.82 bits per heavy atom. The van der Waals surface area contributed by atoms with Crippen molar-refractivity contribution in [3.05, 3.63) is 0 Å². The van der Waals surface area contributed by atoms with Gasteiger partial charge in [0.25, 0.3) is 0 Å². The largest absolute Gasteiger partial charge is 0.673 e. The Morgan fingerprint density at radius 1 is 1.36 bits per heavy atom. The Kier molecular flexibility index (Phi) is 4.32. The zero-order valence-electron chi connectivity index (χ0n) is 5.49. The lowest BCUT2D eigenvalue weighted by atomic mass is 10.3. The molecule has 8 heteroatoms. The molecule has 1 aliphatic heterocycles. The molecule has 0 aromatic rings. The van der Waals surface area contributed by atoms with Gasteiger partial charge in [-0.1, -0.05) is 0 Å². The molecule has 3 N–H and O–H groups in total. The first-order valence-electron chi connectivity index (χ1n) is 2.76. The van der Waals surface area contributed by atoms with Gasteiger partial charge in [0.1, 0.15) is 0 Å². The smallest absolute Gasteiger partial charge is 0.418 e. The summed E-state index contributed by atoms with van der Waals surface area (Å²) in [7, 11) is -6.00. The van der Waals surface area contributed by atoms with Crippen LogP contribution >= 0.6 is 11.8 Å². The molecule has 0 aromatic heterocycles. The van der Waals surface area contributed by atoms with Crippen LogP contribution in [-0.2, 0) is 0 Å². The molecule has 1 aliphatic rings. The van der Waals surface area contributed by atoms with E-state index in [0.717, 1.165) is 17.5 Å². The molecule has 0 saturated carbocycles. The van der Waals surface area contributed by atoms with Crippen molar-refractivity contribution in [2.24, 2.45) is 5.73 Å². The van der Waals surface area contributed by atoms with Gasteiger partial charge in [0.15, 0.2) is 0 Å². The number of amidine groups is 1. The van der Waals surface area contributed by atoms with Crippen molar-refractivity contribution in [1.82, 2.24) is 0 Å². The summed E-state index contributed by atoms with van der Waals surface area (Å²) in [5.41, 5.74) is 5.30. The highest BCUT2D eigenvalue weighted by Gasteiger charge is 2.20. The fourth-order valence-electron chi connectivity index (χ4n) is 0.386. The SMILES string of the molecule is F[B-](F)(F)F.NC1=[NH+]CCS1. The van der Waals surface area contributed by atoms with Crippen molar-refractivity contribution >= 4 is 24.2 Å². The zero-order valence-corrected chi connectivity index (χ0v) is 6.31. The van der Waals surface area contributed by atoms with Crippen molar-refractivity contribution in [1.29, 1.82) is 0 Å². The standard InChI is InChI=1S/C3H6N2S.BF4/c4-3-5-1-2-6-3;2-1(3,4)5/h1-2H2,(H2,4,5);/q;-1/p+1. The molecule has 0 atom stereocenters. The maximum absolute atomic E-state index is 9.75. The predicted molar refractivity (Wildman–Crippen MR) is 37.7 cm³/mol. The summed E-state index contributed by atoms with van der Waals surface area (Å²) in [6.07, 6.45) is 0. The van der Waals surface area contributed by atoms with Crippen LogP contribution in [0.1, 0.15) is 0 Å². The molecule has 0 radical (unpaired) electrons. The molecule has 0 unspecified atom stereocenters. The van der Waals surface area contributed by atoms with E-state index in [2.05, 4.69) is 4.99 Å². The van der Waals surface area contributed by atoms with E-state index >= 15 is 0 Å². The molecule has 0 spiro atoms. The maximum Gasteiger partial charge on any atom is 0.673 e. The topological polar surface area (TPSA) is 40.0 Å². The normalized spacial score (nSPS) is 16.9. The van der Waals surface area contributed by atoms with E-state index in [0.29, 0.717) is 0 Å². The summed E-state index contributed by atoms with van der Waals surface area (Å²) in [5, 5.41) is 0.870. The number of hydrogen-bond acceptors (Lipinski definition) is 2. The van der Waals surface area contributed by atoms with Crippen molar-refractivity contribution in [3.8, 4) is 0 Å². The average molecular weight is 190 g/mol. The van der Waals surface area contributed by atoms with E-state index in [-0.39, 0.29) is 0 Å². The fourth-order valence-corrected chi connectivity index (χ4v) is 1.01. The van der Waals surface area contributed by atoms with Gasteiger partial charge in [0, 0.05) is 5.75 Å². The van der Waals surface area contributed by atoms with E-state index in [4.69, 9.17) is 5.73 Å². The molecule has 0 saturated heterocycles. The molecule has 1 heterocycles. The Labute approximate surface area is 65.3 Å². The number of rotatable bonds is 0. The summed E-state index contributed by atoms with van der Waals surface area (Å²) in [5.74, 6) is 1.13. The first kappa shape index (κ1) is 10.6. The zero-order chi connectivity index (χ0) is 8.91. The number of thioether (sulfide) groups is 1. The second-order valence-corrected chi connectivity index (χ2v) is 2.77. The molecule has 0 bridgehead atoms. The Hall–Kier alpha value is -0.395. The maximum atomic E-state index is 9.75. The molecular weight excluding hydrogens is 183 g/mol. The van der Waals surface area contributed by atoms with Gasteiger partial charge in [-0.25, -0.2) is 0 Å². The van der Waals surface area contributed by atoms with Gasteiger partial charge in [0.2, 0.25) is 0 Å². The van der Waals surface area contributed by atoms with Gasteiger partial charge in [-0.05, 0) is 11.8 Å². The van der Waals surface area contributed by atoms with Crippen LogP contribution in [0.15, 0.2) is 0 Å². The third-order valence-corrected chi connectivity index (χ3v) is 1.52. The predicted octanol–water partition coefficient (Wildman–Crippen LogP) is -0.571. The Balaban J connectivity index is 0.000000187. The van der Waals surface area contributed by atoms with Crippen molar-refractivity contribution in [2.75, 3.05) is 12.3 Å². The van der Waals surface area contributed by atoms with Gasteiger partial charge >= 0.3 is 12.4 Å². The Bertz CT molecular complexity index is 141. The lowest BCUT2D eigenvalue weighted by molar-refractivity contribution is -0.445. The lowest BCUT2D eigenvalue weighted by Crippen LogP contribution is -2.71. The molecule has 2 nitrogen and oxygen atoms in total. The first-order chi connectivity index (χ1) is 4.89. The molecule has 66 valence electrons. The summed E-state index contributed by atoms with van der Waals surface area (Å²) in [6, 6.07) is 0. The minimum absolute atomic E-state index is 0.870. The van der Waals surface area contributed by atoms with E-state index in [1.807, 2.05) is 0 Å². The number of nitrogens with one attached hydrogen (secondary N) is 1. The third-order valence-electron chi connectivity index (χ3n) is 0.659. The molecule has 1 rings (SSSR count). The fraction of sp³-hybridized carbons (Fsp3) is 0.667. The highest BCUT2D eigenvalue weighted by molar-refractivity contribution is 8.13. The third kappa shape index (κ3) is 12.7. The molecule has 0 fully saturated rings. The van der Waals surface area contributed by atoms with Gasteiger partial charge in [-0.3, -0.25) is 10.7 Å². The summed E-state index contributed by atoms with van der Waals surface area (Å²) >= 11 is 1.68.